The predicted molar refractivity (Wildman–Crippen MR) is 89.2 cm³/mol. The van der Waals surface area contributed by atoms with E-state index in [1.54, 1.807) is 13.0 Å². The number of carbonyl (C=O) groups excluding carboxylic acids is 1. The Bertz CT molecular complexity index is 1090. The van der Waals surface area contributed by atoms with E-state index in [1.165, 1.54) is 28.8 Å². The van der Waals surface area contributed by atoms with Crippen molar-refractivity contribution in [2.45, 2.75) is 24.9 Å². The highest BCUT2D eigenvalue weighted by molar-refractivity contribution is 7.90. The molecular weight excluding hydrogens is 346 g/mol. The Kier molecular flexibility index (Phi) is 5.04. The molecule has 2 aromatic rings. The summed E-state index contributed by atoms with van der Waals surface area (Å²) >= 11 is 0. The monoisotopic (exact) mass is 361 g/mol. The summed E-state index contributed by atoms with van der Waals surface area (Å²) in [5.74, 6) is -0.544. The summed E-state index contributed by atoms with van der Waals surface area (Å²) in [6, 6.07) is 6.89. The van der Waals surface area contributed by atoms with Gasteiger partial charge in [0.15, 0.2) is 15.6 Å². The van der Waals surface area contributed by atoms with Crippen LogP contribution in [0.2, 0.25) is 0 Å². The number of hydrogen-bond donors (Lipinski definition) is 0. The molecule has 0 saturated heterocycles. The maximum Gasteiger partial charge on any atom is 0.331 e. The van der Waals surface area contributed by atoms with E-state index < -0.39 is 33.4 Å². The van der Waals surface area contributed by atoms with E-state index in [-0.39, 0.29) is 22.6 Å². The fraction of sp³-hybridized carbons (Fsp3) is 0.250. The van der Waals surface area contributed by atoms with Crippen molar-refractivity contribution in [3.63, 3.8) is 0 Å². The molecule has 0 bridgehead atoms. The molecule has 0 spiro atoms. The molecule has 0 aliphatic rings. The van der Waals surface area contributed by atoms with E-state index >= 15 is 0 Å². The first-order valence-electron chi connectivity index (χ1n) is 7.26. The summed E-state index contributed by atoms with van der Waals surface area (Å²) in [4.78, 5) is 36.8. The van der Waals surface area contributed by atoms with Crippen molar-refractivity contribution >= 4 is 15.6 Å². The van der Waals surface area contributed by atoms with Crippen LogP contribution in [-0.4, -0.2) is 29.6 Å². The molecule has 9 heteroatoms. The Labute approximate surface area is 143 Å². The summed E-state index contributed by atoms with van der Waals surface area (Å²) in [6.07, 6.45) is 2.20. The normalized spacial score (nSPS) is 11.1. The van der Waals surface area contributed by atoms with Crippen molar-refractivity contribution < 1.29 is 13.2 Å². The van der Waals surface area contributed by atoms with Gasteiger partial charge < -0.3 is 0 Å². The molecule has 0 saturated carbocycles. The van der Waals surface area contributed by atoms with Crippen molar-refractivity contribution in [3.05, 3.63) is 62.4 Å². The molecule has 0 aliphatic heterocycles. The number of aryl methyl sites for hydroxylation is 1. The largest absolute Gasteiger partial charge is 0.331 e. The topological polar surface area (TPSA) is 119 Å². The molecule has 0 atom stereocenters. The second-order valence-corrected chi connectivity index (χ2v) is 7.35. The Morgan fingerprint density at radius 1 is 1.20 bits per heavy atom. The maximum atomic E-state index is 12.3. The maximum absolute atomic E-state index is 12.3. The predicted octanol–water partition coefficient (Wildman–Crippen LogP) is 0.188. The van der Waals surface area contributed by atoms with Gasteiger partial charge in [-0.3, -0.25) is 18.7 Å². The lowest BCUT2D eigenvalue weighted by atomic mass is 10.1. The molecule has 25 heavy (non-hydrogen) atoms. The molecule has 0 fully saturated rings. The molecule has 2 rings (SSSR count). The van der Waals surface area contributed by atoms with Crippen molar-refractivity contribution in [2.24, 2.45) is 0 Å². The van der Waals surface area contributed by atoms with Crippen LogP contribution >= 0.6 is 0 Å². The van der Waals surface area contributed by atoms with Crippen LogP contribution in [0.25, 0.3) is 0 Å². The quantitative estimate of drug-likeness (QED) is 0.701. The molecule has 0 unspecified atom stereocenters. The number of ketones is 1. The lowest BCUT2D eigenvalue weighted by molar-refractivity contribution is 0.0968. The van der Waals surface area contributed by atoms with E-state index in [0.717, 1.165) is 12.5 Å². The third kappa shape index (κ3) is 3.75. The molecule has 0 N–H and O–H groups in total. The van der Waals surface area contributed by atoms with Gasteiger partial charge in [-0.1, -0.05) is 12.1 Å². The minimum atomic E-state index is -3.39. The molecule has 8 nitrogen and oxygen atoms in total. The van der Waals surface area contributed by atoms with Gasteiger partial charge in [-0.05, 0) is 19.1 Å². The SMILES string of the molecule is CCn1cc(C#N)c(=O)n(CC(=O)c2ccc(S(C)(=O)=O)cc2)c1=O. The molecule has 1 heterocycles. The smallest absolute Gasteiger partial charge is 0.299 e. The zero-order valence-electron chi connectivity index (χ0n) is 13.6. The number of Topliss-reactive ketones (excluding diaryl/α,β-unsaturated/α-hetero) is 1. The number of aromatic nitrogens is 2. The average Bonchev–Trinajstić information content (AvgIpc) is 2.58. The number of hydrogen-bond acceptors (Lipinski definition) is 6. The molecule has 1 aromatic carbocycles. The first-order chi connectivity index (χ1) is 11.7. The molecular formula is C16H15N3O5S. The summed E-state index contributed by atoms with van der Waals surface area (Å²) in [5, 5.41) is 8.99. The minimum Gasteiger partial charge on any atom is -0.299 e. The number of sulfone groups is 1. The van der Waals surface area contributed by atoms with Gasteiger partial charge in [0.2, 0.25) is 0 Å². The molecule has 130 valence electrons. The van der Waals surface area contributed by atoms with Gasteiger partial charge in [0.05, 0.1) is 11.4 Å². The van der Waals surface area contributed by atoms with Crippen LogP contribution in [0, 0.1) is 11.3 Å². The summed E-state index contributed by atoms with van der Waals surface area (Å²) in [5.41, 5.74) is -1.60. The highest BCUT2D eigenvalue weighted by atomic mass is 32.2. The molecule has 0 amide bonds. The summed E-state index contributed by atoms with van der Waals surface area (Å²) in [6.45, 7) is 1.37. The zero-order valence-corrected chi connectivity index (χ0v) is 14.4. The second-order valence-electron chi connectivity index (χ2n) is 5.33. The highest BCUT2D eigenvalue weighted by Crippen LogP contribution is 2.11. The van der Waals surface area contributed by atoms with Gasteiger partial charge in [0.25, 0.3) is 5.56 Å². The highest BCUT2D eigenvalue weighted by Gasteiger charge is 2.16. The summed E-state index contributed by atoms with van der Waals surface area (Å²) < 4.78 is 24.7. The Balaban J connectivity index is 2.44. The number of rotatable bonds is 5. The Morgan fingerprint density at radius 2 is 1.80 bits per heavy atom. The number of carbonyl (C=O) groups is 1. The van der Waals surface area contributed by atoms with Crippen LogP contribution in [0.4, 0.5) is 0 Å². The standard InChI is InChI=1S/C16H15N3O5S/c1-3-18-9-12(8-17)15(21)19(16(18)22)10-14(20)11-4-6-13(7-5-11)25(2,23)24/h4-7,9H,3,10H2,1-2H3. The van der Waals surface area contributed by atoms with Crippen LogP contribution in [-0.2, 0) is 22.9 Å². The average molecular weight is 361 g/mol. The molecule has 0 radical (unpaired) electrons. The van der Waals surface area contributed by atoms with Crippen LogP contribution < -0.4 is 11.2 Å². The van der Waals surface area contributed by atoms with Crippen molar-refractivity contribution in [1.82, 2.24) is 9.13 Å². The Hall–Kier alpha value is -2.99. The fourth-order valence-corrected chi connectivity index (χ4v) is 2.85. The third-order valence-electron chi connectivity index (χ3n) is 3.60. The molecule has 0 aliphatic carbocycles. The fourth-order valence-electron chi connectivity index (χ4n) is 2.22. The lowest BCUT2D eigenvalue weighted by Crippen LogP contribution is -2.42. The first-order valence-corrected chi connectivity index (χ1v) is 9.16. The van der Waals surface area contributed by atoms with Crippen LogP contribution in [0.15, 0.2) is 44.9 Å². The van der Waals surface area contributed by atoms with Gasteiger partial charge >= 0.3 is 5.69 Å². The number of benzene rings is 1. The van der Waals surface area contributed by atoms with Crippen molar-refractivity contribution in [1.29, 1.82) is 5.26 Å². The number of nitrogens with zero attached hydrogens (tertiary/aromatic N) is 3. The van der Waals surface area contributed by atoms with Gasteiger partial charge in [-0.15, -0.1) is 0 Å². The van der Waals surface area contributed by atoms with E-state index in [4.69, 9.17) is 5.26 Å². The van der Waals surface area contributed by atoms with Crippen LogP contribution in [0.5, 0.6) is 0 Å². The molecule has 1 aromatic heterocycles. The number of nitriles is 1. The zero-order chi connectivity index (χ0) is 18.8. The lowest BCUT2D eigenvalue weighted by Gasteiger charge is -2.09. The van der Waals surface area contributed by atoms with E-state index in [0.29, 0.717) is 4.57 Å². The van der Waals surface area contributed by atoms with E-state index in [9.17, 15) is 22.8 Å². The van der Waals surface area contributed by atoms with Gasteiger partial charge in [0.1, 0.15) is 11.6 Å². The summed E-state index contributed by atoms with van der Waals surface area (Å²) in [7, 11) is -3.39. The first kappa shape index (κ1) is 18.4. The van der Waals surface area contributed by atoms with Gasteiger partial charge in [-0.25, -0.2) is 13.2 Å². The minimum absolute atomic E-state index is 0.0565. The van der Waals surface area contributed by atoms with Crippen molar-refractivity contribution in [2.75, 3.05) is 6.26 Å². The Morgan fingerprint density at radius 3 is 2.28 bits per heavy atom. The van der Waals surface area contributed by atoms with Crippen molar-refractivity contribution in [3.8, 4) is 6.07 Å². The second kappa shape index (κ2) is 6.86. The van der Waals surface area contributed by atoms with Crippen LogP contribution in [0.3, 0.4) is 0 Å². The third-order valence-corrected chi connectivity index (χ3v) is 4.73. The van der Waals surface area contributed by atoms with E-state index in [2.05, 4.69) is 0 Å². The van der Waals surface area contributed by atoms with Gasteiger partial charge in [0, 0.05) is 24.6 Å². The van der Waals surface area contributed by atoms with E-state index in [1.807, 2.05) is 0 Å². The van der Waals surface area contributed by atoms with Crippen LogP contribution in [0.1, 0.15) is 22.8 Å². The van der Waals surface area contributed by atoms with Gasteiger partial charge in [-0.2, -0.15) is 5.26 Å².